The normalized spacial score (nSPS) is 9.84. The van der Waals surface area contributed by atoms with Crippen molar-refractivity contribution in [1.29, 1.82) is 0 Å². The van der Waals surface area contributed by atoms with Crippen LogP contribution in [0.15, 0.2) is 29.2 Å². The molecule has 1 N–H and O–H groups in total. The maximum Gasteiger partial charge on any atom is 0.223 e. The Bertz CT molecular complexity index is 373. The van der Waals surface area contributed by atoms with E-state index in [0.29, 0.717) is 6.42 Å². The van der Waals surface area contributed by atoms with Crippen molar-refractivity contribution in [2.75, 3.05) is 32.9 Å². The van der Waals surface area contributed by atoms with Crippen molar-refractivity contribution in [1.82, 2.24) is 10.2 Å². The molecule has 19 heavy (non-hydrogen) atoms. The lowest BCUT2D eigenvalue weighted by atomic mass is 10.4. The first-order valence-corrected chi connectivity index (χ1v) is 7.26. The van der Waals surface area contributed by atoms with Gasteiger partial charge in [-0.25, -0.2) is 0 Å². The first-order chi connectivity index (χ1) is 8.63. The highest BCUT2D eigenvalue weighted by molar-refractivity contribution is 7.99. The van der Waals surface area contributed by atoms with Crippen molar-refractivity contribution in [2.45, 2.75) is 11.3 Å². The van der Waals surface area contributed by atoms with Crippen LogP contribution >= 0.6 is 35.8 Å². The summed E-state index contributed by atoms with van der Waals surface area (Å²) in [6.45, 7) is 1.58. The lowest BCUT2D eigenvalue weighted by Gasteiger charge is -2.16. The Labute approximate surface area is 130 Å². The third-order valence-corrected chi connectivity index (χ3v) is 3.79. The van der Waals surface area contributed by atoms with Gasteiger partial charge in [0.2, 0.25) is 5.91 Å². The quantitative estimate of drug-likeness (QED) is 0.783. The fourth-order valence-electron chi connectivity index (χ4n) is 1.38. The van der Waals surface area contributed by atoms with Gasteiger partial charge in [-0.1, -0.05) is 11.6 Å². The van der Waals surface area contributed by atoms with Crippen molar-refractivity contribution in [3.8, 4) is 0 Å². The number of hydrogen-bond donors (Lipinski definition) is 1. The van der Waals surface area contributed by atoms with Crippen molar-refractivity contribution < 1.29 is 4.79 Å². The standard InChI is InChI=1S/C13H19ClN2OS.ClH/c1-15-8-9-16(2)13(17)7-10-18-12-5-3-11(14)4-6-12;/h3-6,15H,7-10H2,1-2H3;1H. The molecule has 0 aliphatic carbocycles. The zero-order valence-electron chi connectivity index (χ0n) is 11.2. The second kappa shape index (κ2) is 10.4. The van der Waals surface area contributed by atoms with E-state index in [1.54, 1.807) is 16.7 Å². The highest BCUT2D eigenvalue weighted by atomic mass is 35.5. The Morgan fingerprint density at radius 1 is 1.37 bits per heavy atom. The largest absolute Gasteiger partial charge is 0.344 e. The van der Waals surface area contributed by atoms with Gasteiger partial charge < -0.3 is 10.2 Å². The third-order valence-electron chi connectivity index (χ3n) is 2.52. The van der Waals surface area contributed by atoms with Gasteiger partial charge in [0, 0.05) is 42.2 Å². The Kier molecular flexibility index (Phi) is 10.1. The molecular weight excluding hydrogens is 303 g/mol. The smallest absolute Gasteiger partial charge is 0.223 e. The molecule has 0 aliphatic rings. The van der Waals surface area contributed by atoms with E-state index in [1.165, 1.54) is 0 Å². The van der Waals surface area contributed by atoms with Crippen LogP contribution in [0.3, 0.4) is 0 Å². The predicted molar refractivity (Wildman–Crippen MR) is 85.6 cm³/mol. The second-order valence-electron chi connectivity index (χ2n) is 3.97. The second-order valence-corrected chi connectivity index (χ2v) is 5.58. The van der Waals surface area contributed by atoms with Crippen LogP contribution in [-0.4, -0.2) is 43.7 Å². The number of hydrogen-bond acceptors (Lipinski definition) is 3. The average molecular weight is 323 g/mol. The zero-order valence-corrected chi connectivity index (χ0v) is 13.6. The Morgan fingerprint density at radius 2 is 2.00 bits per heavy atom. The molecule has 1 aromatic carbocycles. The zero-order chi connectivity index (χ0) is 13.4. The number of benzene rings is 1. The number of amides is 1. The van der Waals surface area contributed by atoms with Crippen LogP contribution in [0.5, 0.6) is 0 Å². The molecule has 0 saturated carbocycles. The van der Waals surface area contributed by atoms with Gasteiger partial charge in [0.15, 0.2) is 0 Å². The molecule has 0 unspecified atom stereocenters. The summed E-state index contributed by atoms with van der Waals surface area (Å²) in [6, 6.07) is 7.68. The van der Waals surface area contributed by atoms with Crippen LogP contribution in [0, 0.1) is 0 Å². The van der Waals surface area contributed by atoms with Gasteiger partial charge in [0.05, 0.1) is 0 Å². The van der Waals surface area contributed by atoms with Crippen molar-refractivity contribution in [3.05, 3.63) is 29.3 Å². The Hall–Kier alpha value is -0.420. The Morgan fingerprint density at radius 3 is 2.58 bits per heavy atom. The van der Waals surface area contributed by atoms with Gasteiger partial charge >= 0.3 is 0 Å². The summed E-state index contributed by atoms with van der Waals surface area (Å²) in [5.74, 6) is 0.983. The first kappa shape index (κ1) is 18.6. The molecule has 0 atom stereocenters. The van der Waals surface area contributed by atoms with Gasteiger partial charge in [0.25, 0.3) is 0 Å². The van der Waals surface area contributed by atoms with E-state index in [0.717, 1.165) is 28.8 Å². The number of thioether (sulfide) groups is 1. The van der Waals surface area contributed by atoms with Gasteiger partial charge in [-0.15, -0.1) is 24.2 Å². The number of carbonyl (C=O) groups excluding carboxylic acids is 1. The minimum atomic E-state index is 0. The molecule has 0 radical (unpaired) electrons. The summed E-state index contributed by atoms with van der Waals surface area (Å²) in [5.41, 5.74) is 0. The number of halogens is 2. The first-order valence-electron chi connectivity index (χ1n) is 5.90. The molecule has 108 valence electrons. The van der Waals surface area contributed by atoms with Crippen LogP contribution in [-0.2, 0) is 4.79 Å². The molecule has 0 aliphatic heterocycles. The summed E-state index contributed by atoms with van der Waals surface area (Å²) in [5, 5.41) is 3.77. The number of rotatable bonds is 7. The summed E-state index contributed by atoms with van der Waals surface area (Å²) in [4.78, 5) is 14.7. The van der Waals surface area contributed by atoms with E-state index in [-0.39, 0.29) is 18.3 Å². The monoisotopic (exact) mass is 322 g/mol. The molecule has 1 rings (SSSR count). The van der Waals surface area contributed by atoms with Crippen LogP contribution in [0.25, 0.3) is 0 Å². The topological polar surface area (TPSA) is 32.3 Å². The molecule has 0 bridgehead atoms. The molecule has 1 aromatic rings. The van der Waals surface area contributed by atoms with E-state index in [1.807, 2.05) is 38.4 Å². The van der Waals surface area contributed by atoms with Crippen LogP contribution in [0.2, 0.25) is 5.02 Å². The fraction of sp³-hybridized carbons (Fsp3) is 0.462. The molecule has 0 fully saturated rings. The summed E-state index contributed by atoms with van der Waals surface area (Å²) < 4.78 is 0. The van der Waals surface area contributed by atoms with Gasteiger partial charge in [-0.2, -0.15) is 0 Å². The van der Waals surface area contributed by atoms with E-state index in [9.17, 15) is 4.79 Å². The molecule has 0 heterocycles. The molecule has 0 saturated heterocycles. The molecule has 0 aromatic heterocycles. The van der Waals surface area contributed by atoms with Crippen LogP contribution < -0.4 is 5.32 Å². The maximum absolute atomic E-state index is 11.8. The molecule has 6 heteroatoms. The van der Waals surface area contributed by atoms with E-state index in [4.69, 9.17) is 11.6 Å². The number of nitrogens with one attached hydrogen (secondary N) is 1. The molecular formula is C13H20Cl2N2OS. The fourth-order valence-corrected chi connectivity index (χ4v) is 2.35. The molecule has 0 spiro atoms. The number of nitrogens with zero attached hydrogens (tertiary/aromatic N) is 1. The minimum absolute atomic E-state index is 0. The van der Waals surface area contributed by atoms with Crippen molar-refractivity contribution in [2.24, 2.45) is 0 Å². The van der Waals surface area contributed by atoms with E-state index >= 15 is 0 Å². The molecule has 1 amide bonds. The summed E-state index contributed by atoms with van der Waals surface area (Å²) >= 11 is 7.49. The summed E-state index contributed by atoms with van der Waals surface area (Å²) in [6.07, 6.45) is 0.563. The highest BCUT2D eigenvalue weighted by Crippen LogP contribution is 2.21. The van der Waals surface area contributed by atoms with Crippen molar-refractivity contribution in [3.63, 3.8) is 0 Å². The average Bonchev–Trinajstić information content (AvgIpc) is 2.38. The lowest BCUT2D eigenvalue weighted by Crippen LogP contribution is -2.32. The van der Waals surface area contributed by atoms with Crippen molar-refractivity contribution >= 4 is 41.7 Å². The molecule has 3 nitrogen and oxygen atoms in total. The van der Waals surface area contributed by atoms with Gasteiger partial charge in [-0.3, -0.25) is 4.79 Å². The van der Waals surface area contributed by atoms with E-state index < -0.39 is 0 Å². The maximum atomic E-state index is 11.8. The number of likely N-dealkylation sites (N-methyl/N-ethyl adjacent to an activating group) is 2. The summed E-state index contributed by atoms with van der Waals surface area (Å²) in [7, 11) is 3.72. The van der Waals surface area contributed by atoms with E-state index in [2.05, 4.69) is 5.32 Å². The van der Waals surface area contributed by atoms with Crippen LogP contribution in [0.1, 0.15) is 6.42 Å². The highest BCUT2D eigenvalue weighted by Gasteiger charge is 2.07. The minimum Gasteiger partial charge on any atom is -0.344 e. The SMILES string of the molecule is CNCCN(C)C(=O)CCSc1ccc(Cl)cc1.Cl. The Balaban J connectivity index is 0.00000324. The van der Waals surface area contributed by atoms with Crippen LogP contribution in [0.4, 0.5) is 0 Å². The third kappa shape index (κ3) is 7.67. The number of carbonyl (C=O) groups is 1. The lowest BCUT2D eigenvalue weighted by molar-refractivity contribution is -0.129. The van der Waals surface area contributed by atoms with Gasteiger partial charge in [-0.05, 0) is 31.3 Å². The van der Waals surface area contributed by atoms with Gasteiger partial charge in [0.1, 0.15) is 0 Å². The predicted octanol–water partition coefficient (Wildman–Crippen LogP) is 2.92.